The number of thioether (sulfide) groups is 1. The second kappa shape index (κ2) is 10.6. The van der Waals surface area contributed by atoms with Gasteiger partial charge in [0.1, 0.15) is 12.6 Å². The van der Waals surface area contributed by atoms with Crippen LogP contribution in [-0.4, -0.2) is 35.8 Å². The summed E-state index contributed by atoms with van der Waals surface area (Å²) >= 11 is -0.170. The van der Waals surface area contributed by atoms with Crippen molar-refractivity contribution >= 4 is 17.7 Å². The van der Waals surface area contributed by atoms with Gasteiger partial charge >= 0.3 is 5.51 Å². The van der Waals surface area contributed by atoms with Gasteiger partial charge in [0.2, 0.25) is 5.91 Å². The topological polar surface area (TPSA) is 93.8 Å². The minimum Gasteiger partial charge on any atom is -0.493 e. The van der Waals surface area contributed by atoms with Crippen molar-refractivity contribution in [1.29, 1.82) is 0 Å². The van der Waals surface area contributed by atoms with Gasteiger partial charge in [0.05, 0.1) is 13.2 Å². The molecule has 10 heteroatoms. The predicted octanol–water partition coefficient (Wildman–Crippen LogP) is 3.21. The number of nitrogens with two attached hydrogens (primary N) is 1. The van der Waals surface area contributed by atoms with E-state index in [1.54, 1.807) is 30.3 Å². The third kappa shape index (κ3) is 7.43. The van der Waals surface area contributed by atoms with Crippen LogP contribution in [0.4, 0.5) is 13.2 Å². The number of methoxy groups -OCH3 is 1. The summed E-state index contributed by atoms with van der Waals surface area (Å²) in [5.41, 5.74) is 2.41. The van der Waals surface area contributed by atoms with E-state index >= 15 is 0 Å². The number of benzene rings is 2. The van der Waals surface area contributed by atoms with E-state index < -0.39 is 23.6 Å². The number of amides is 1. The Hall–Kier alpha value is -2.43. The number of aliphatic hydroxyl groups is 1. The SMILES string of the molecule is COc1cc(CNC(C(N)=O)C(C)O)ccc1OCc1ccc(SC(F)(F)F)cc1. The van der Waals surface area contributed by atoms with E-state index in [2.05, 4.69) is 5.32 Å². The molecular formula is C20H23F3N2O4S. The zero-order valence-corrected chi connectivity index (χ0v) is 17.2. The Labute approximate surface area is 176 Å². The smallest absolute Gasteiger partial charge is 0.446 e. The molecule has 164 valence electrons. The highest BCUT2D eigenvalue weighted by Crippen LogP contribution is 2.37. The zero-order valence-electron chi connectivity index (χ0n) is 16.4. The van der Waals surface area contributed by atoms with Gasteiger partial charge in [-0.05, 0) is 54.1 Å². The molecule has 0 aliphatic heterocycles. The molecule has 2 aromatic carbocycles. The Morgan fingerprint density at radius 2 is 1.80 bits per heavy atom. The number of primary amides is 1. The number of nitrogens with one attached hydrogen (secondary N) is 1. The van der Waals surface area contributed by atoms with Crippen LogP contribution in [-0.2, 0) is 17.9 Å². The number of rotatable bonds is 10. The van der Waals surface area contributed by atoms with Gasteiger partial charge in [-0.15, -0.1) is 0 Å². The zero-order chi connectivity index (χ0) is 22.3. The van der Waals surface area contributed by atoms with Gasteiger partial charge in [-0.3, -0.25) is 10.1 Å². The first-order valence-electron chi connectivity index (χ1n) is 8.94. The molecule has 6 nitrogen and oxygen atoms in total. The van der Waals surface area contributed by atoms with Gasteiger partial charge < -0.3 is 20.3 Å². The third-order valence-corrected chi connectivity index (χ3v) is 4.83. The predicted molar refractivity (Wildman–Crippen MR) is 107 cm³/mol. The lowest BCUT2D eigenvalue weighted by Gasteiger charge is -2.18. The molecule has 0 aromatic heterocycles. The number of hydrogen-bond donors (Lipinski definition) is 3. The van der Waals surface area contributed by atoms with Crippen molar-refractivity contribution < 1.29 is 32.5 Å². The first kappa shape index (κ1) is 23.8. The fraction of sp³-hybridized carbons (Fsp3) is 0.350. The summed E-state index contributed by atoms with van der Waals surface area (Å²) in [6, 6.07) is 10.2. The lowest BCUT2D eigenvalue weighted by Crippen LogP contribution is -2.47. The molecule has 0 saturated heterocycles. The fourth-order valence-electron chi connectivity index (χ4n) is 2.63. The average molecular weight is 444 g/mol. The second-order valence-electron chi connectivity index (χ2n) is 6.47. The second-order valence-corrected chi connectivity index (χ2v) is 7.61. The van der Waals surface area contributed by atoms with Crippen LogP contribution in [0.25, 0.3) is 0 Å². The molecule has 1 amide bonds. The van der Waals surface area contributed by atoms with Crippen molar-refractivity contribution in [1.82, 2.24) is 5.32 Å². The Morgan fingerprint density at radius 3 is 2.33 bits per heavy atom. The van der Waals surface area contributed by atoms with E-state index in [0.717, 1.165) is 5.56 Å². The fourth-order valence-corrected chi connectivity index (χ4v) is 3.17. The van der Waals surface area contributed by atoms with Crippen LogP contribution in [0, 0.1) is 0 Å². The molecule has 2 atom stereocenters. The highest BCUT2D eigenvalue weighted by Gasteiger charge is 2.29. The maximum atomic E-state index is 12.4. The summed E-state index contributed by atoms with van der Waals surface area (Å²) in [7, 11) is 1.48. The molecule has 2 rings (SSSR count). The maximum Gasteiger partial charge on any atom is 0.446 e. The first-order chi connectivity index (χ1) is 14.1. The minimum atomic E-state index is -4.32. The molecule has 0 aliphatic carbocycles. The van der Waals surface area contributed by atoms with Crippen molar-refractivity contribution in [2.24, 2.45) is 5.73 Å². The summed E-state index contributed by atoms with van der Waals surface area (Å²) in [5.74, 6) is 0.250. The van der Waals surface area contributed by atoms with Gasteiger partial charge in [-0.2, -0.15) is 13.2 Å². The highest BCUT2D eigenvalue weighted by molar-refractivity contribution is 8.00. The number of alkyl halides is 3. The van der Waals surface area contributed by atoms with E-state index in [1.165, 1.54) is 26.2 Å². The van der Waals surface area contributed by atoms with Crippen LogP contribution in [0.2, 0.25) is 0 Å². The molecule has 0 spiro atoms. The molecule has 0 heterocycles. The van der Waals surface area contributed by atoms with E-state index in [1.807, 2.05) is 0 Å². The van der Waals surface area contributed by atoms with E-state index in [4.69, 9.17) is 15.2 Å². The molecule has 4 N–H and O–H groups in total. The highest BCUT2D eigenvalue weighted by atomic mass is 32.2. The van der Waals surface area contributed by atoms with Crippen LogP contribution in [0.15, 0.2) is 47.4 Å². The number of carbonyl (C=O) groups is 1. The van der Waals surface area contributed by atoms with Crippen molar-refractivity contribution in [3.63, 3.8) is 0 Å². The van der Waals surface area contributed by atoms with Gasteiger partial charge in [-0.1, -0.05) is 18.2 Å². The molecule has 0 fully saturated rings. The monoisotopic (exact) mass is 444 g/mol. The Bertz CT molecular complexity index is 845. The molecular weight excluding hydrogens is 421 g/mol. The van der Waals surface area contributed by atoms with E-state index in [9.17, 15) is 23.1 Å². The quantitative estimate of drug-likeness (QED) is 0.488. The normalized spacial score (nSPS) is 13.5. The number of halogens is 3. The van der Waals surface area contributed by atoms with Crippen LogP contribution in [0.5, 0.6) is 11.5 Å². The lowest BCUT2D eigenvalue weighted by atomic mass is 10.1. The van der Waals surface area contributed by atoms with Gasteiger partial charge in [0.15, 0.2) is 11.5 Å². The van der Waals surface area contributed by atoms with E-state index in [-0.39, 0.29) is 29.8 Å². The molecule has 0 bridgehead atoms. The van der Waals surface area contributed by atoms with Gasteiger partial charge in [-0.25, -0.2) is 0 Å². The van der Waals surface area contributed by atoms with Crippen molar-refractivity contribution in [3.05, 3.63) is 53.6 Å². The van der Waals surface area contributed by atoms with Crippen molar-refractivity contribution in [3.8, 4) is 11.5 Å². The number of aliphatic hydroxyl groups excluding tert-OH is 1. The molecule has 0 radical (unpaired) electrons. The Kier molecular flexibility index (Phi) is 8.39. The van der Waals surface area contributed by atoms with Crippen LogP contribution < -0.4 is 20.5 Å². The summed E-state index contributed by atoms with van der Waals surface area (Å²) in [6.45, 7) is 1.89. The molecule has 30 heavy (non-hydrogen) atoms. The van der Waals surface area contributed by atoms with Gasteiger partial charge in [0, 0.05) is 11.4 Å². The van der Waals surface area contributed by atoms with Crippen LogP contribution in [0.1, 0.15) is 18.1 Å². The molecule has 2 aromatic rings. The van der Waals surface area contributed by atoms with E-state index in [0.29, 0.717) is 17.1 Å². The van der Waals surface area contributed by atoms with Crippen molar-refractivity contribution in [2.75, 3.05) is 7.11 Å². The Morgan fingerprint density at radius 1 is 1.17 bits per heavy atom. The first-order valence-corrected chi connectivity index (χ1v) is 9.76. The molecule has 0 aliphatic rings. The number of ether oxygens (including phenoxy) is 2. The average Bonchev–Trinajstić information content (AvgIpc) is 2.66. The van der Waals surface area contributed by atoms with Crippen LogP contribution in [0.3, 0.4) is 0 Å². The summed E-state index contributed by atoms with van der Waals surface area (Å²) in [5, 5.41) is 12.5. The minimum absolute atomic E-state index is 0.104. The lowest BCUT2D eigenvalue weighted by molar-refractivity contribution is -0.122. The maximum absolute atomic E-state index is 12.4. The van der Waals surface area contributed by atoms with Crippen LogP contribution >= 0.6 is 11.8 Å². The summed E-state index contributed by atoms with van der Waals surface area (Å²) < 4.78 is 48.2. The standard InChI is InChI=1S/C20H23F3N2O4S/c1-12(26)18(19(24)27)25-10-14-5-8-16(17(9-14)28-2)29-11-13-3-6-15(7-4-13)30-20(21,22)23/h3-9,12,18,25-26H,10-11H2,1-2H3,(H2,24,27). The summed E-state index contributed by atoms with van der Waals surface area (Å²) in [4.78, 5) is 11.5. The largest absolute Gasteiger partial charge is 0.493 e. The molecule has 2 unspecified atom stereocenters. The summed E-state index contributed by atoms with van der Waals surface area (Å²) in [6.07, 6.45) is -0.937. The number of hydrogen-bond acceptors (Lipinski definition) is 6. The Balaban J connectivity index is 1.99. The number of carbonyl (C=O) groups excluding carboxylic acids is 1. The van der Waals surface area contributed by atoms with Crippen molar-refractivity contribution in [2.45, 2.75) is 42.6 Å². The third-order valence-electron chi connectivity index (χ3n) is 4.09. The van der Waals surface area contributed by atoms with Gasteiger partial charge in [0.25, 0.3) is 0 Å². The molecule has 0 saturated carbocycles.